The van der Waals surface area contributed by atoms with E-state index >= 15 is 0 Å². The number of nitrogens with zero attached hydrogens (tertiary/aromatic N) is 2. The van der Waals surface area contributed by atoms with E-state index in [1.807, 2.05) is 30.3 Å². The zero-order chi connectivity index (χ0) is 16.4. The van der Waals surface area contributed by atoms with Crippen LogP contribution >= 0.6 is 0 Å². The molecule has 1 aromatic carbocycles. The van der Waals surface area contributed by atoms with Gasteiger partial charge in [0, 0.05) is 6.20 Å². The molecule has 2 atom stereocenters. The third-order valence-corrected chi connectivity index (χ3v) is 3.87. The van der Waals surface area contributed by atoms with Gasteiger partial charge in [-0.05, 0) is 36.8 Å². The highest BCUT2D eigenvalue weighted by Gasteiger charge is 2.48. The van der Waals surface area contributed by atoms with Crippen molar-refractivity contribution in [2.75, 3.05) is 7.11 Å². The molecule has 3 rings (SSSR count). The summed E-state index contributed by atoms with van der Waals surface area (Å²) in [7, 11) is 1.61. The minimum absolute atomic E-state index is 0.226. The van der Waals surface area contributed by atoms with Gasteiger partial charge in [0.1, 0.15) is 5.75 Å². The normalized spacial score (nSPS) is 19.2. The minimum atomic E-state index is -0.908. The molecular weight excluding hydrogens is 298 g/mol. The topological polar surface area (TPSA) is 93.5 Å². The molecule has 2 aromatic rings. The predicted octanol–water partition coefficient (Wildman–Crippen LogP) is 1.22. The number of aromatic nitrogens is 2. The van der Waals surface area contributed by atoms with Crippen molar-refractivity contribution in [2.24, 2.45) is 11.8 Å². The van der Waals surface area contributed by atoms with Crippen LogP contribution in [0.1, 0.15) is 12.1 Å². The highest BCUT2D eigenvalue weighted by atomic mass is 16.5. The number of methoxy groups -OCH3 is 1. The molecule has 7 nitrogen and oxygen atoms in total. The fourth-order valence-corrected chi connectivity index (χ4v) is 2.40. The summed E-state index contributed by atoms with van der Waals surface area (Å²) >= 11 is 0. The van der Waals surface area contributed by atoms with Crippen LogP contribution < -0.4 is 10.1 Å². The Balaban J connectivity index is 1.57. The van der Waals surface area contributed by atoms with E-state index in [2.05, 4.69) is 10.4 Å². The lowest BCUT2D eigenvalue weighted by molar-refractivity contribution is -0.140. The van der Waals surface area contributed by atoms with Crippen molar-refractivity contribution in [1.82, 2.24) is 15.1 Å². The predicted molar refractivity (Wildman–Crippen MR) is 81.2 cm³/mol. The standard InChI is InChI=1S/C16H17N3O4/c1-23-12-4-2-11(3-5-12)19-7-6-10(18-19)9-17-15(20)13-8-14(13)16(21)22/h2-7,13-14H,8-9H2,1H3,(H,17,20)(H,21,22)/t13-,14-/m0/s1. The van der Waals surface area contributed by atoms with Crippen molar-refractivity contribution in [3.63, 3.8) is 0 Å². The van der Waals surface area contributed by atoms with E-state index in [9.17, 15) is 9.59 Å². The van der Waals surface area contributed by atoms with Crippen molar-refractivity contribution in [1.29, 1.82) is 0 Å². The van der Waals surface area contributed by atoms with E-state index < -0.39 is 17.8 Å². The Hall–Kier alpha value is -2.83. The fourth-order valence-electron chi connectivity index (χ4n) is 2.40. The maximum atomic E-state index is 11.8. The van der Waals surface area contributed by atoms with Crippen LogP contribution in [0.3, 0.4) is 0 Å². The highest BCUT2D eigenvalue weighted by molar-refractivity contribution is 5.89. The zero-order valence-corrected chi connectivity index (χ0v) is 12.6. The summed E-state index contributed by atoms with van der Waals surface area (Å²) in [5, 5.41) is 15.9. The number of carboxylic acids is 1. The number of benzene rings is 1. The molecule has 1 aromatic heterocycles. The first-order valence-electron chi connectivity index (χ1n) is 7.28. The van der Waals surface area contributed by atoms with Crippen molar-refractivity contribution in [2.45, 2.75) is 13.0 Å². The average molecular weight is 315 g/mol. The molecule has 1 heterocycles. The Kier molecular flexibility index (Phi) is 4.01. The number of carbonyl (C=O) groups excluding carboxylic acids is 1. The molecule has 23 heavy (non-hydrogen) atoms. The van der Waals surface area contributed by atoms with E-state index in [0.29, 0.717) is 12.1 Å². The Morgan fingerprint density at radius 1 is 1.30 bits per heavy atom. The number of carboxylic acid groups (broad SMARTS) is 1. The van der Waals surface area contributed by atoms with E-state index in [1.54, 1.807) is 18.0 Å². The van der Waals surface area contributed by atoms with Gasteiger partial charge in [0.05, 0.1) is 36.9 Å². The number of amides is 1. The largest absolute Gasteiger partial charge is 0.497 e. The molecule has 1 fully saturated rings. The van der Waals surface area contributed by atoms with Crippen LogP contribution in [0.25, 0.3) is 5.69 Å². The van der Waals surface area contributed by atoms with E-state index in [1.165, 1.54) is 0 Å². The average Bonchev–Trinajstić information content (AvgIpc) is 3.24. The van der Waals surface area contributed by atoms with Gasteiger partial charge in [-0.2, -0.15) is 5.10 Å². The van der Waals surface area contributed by atoms with Crippen LogP contribution in [0.15, 0.2) is 36.5 Å². The maximum absolute atomic E-state index is 11.8. The van der Waals surface area contributed by atoms with Gasteiger partial charge >= 0.3 is 5.97 Å². The van der Waals surface area contributed by atoms with Gasteiger partial charge in [-0.25, -0.2) is 4.68 Å². The van der Waals surface area contributed by atoms with Crippen molar-refractivity contribution >= 4 is 11.9 Å². The van der Waals surface area contributed by atoms with E-state index in [-0.39, 0.29) is 12.5 Å². The lowest BCUT2D eigenvalue weighted by Gasteiger charge is -2.04. The molecule has 0 aliphatic heterocycles. The Labute approximate surface area is 132 Å². The number of nitrogens with one attached hydrogen (secondary N) is 1. The lowest BCUT2D eigenvalue weighted by Crippen LogP contribution is -2.26. The monoisotopic (exact) mass is 315 g/mol. The minimum Gasteiger partial charge on any atom is -0.497 e. The molecule has 1 saturated carbocycles. The first-order valence-corrected chi connectivity index (χ1v) is 7.28. The smallest absolute Gasteiger partial charge is 0.307 e. The molecule has 0 saturated heterocycles. The van der Waals surface area contributed by atoms with Crippen LogP contribution in [0, 0.1) is 11.8 Å². The van der Waals surface area contributed by atoms with Gasteiger partial charge in [0.15, 0.2) is 0 Å². The third-order valence-electron chi connectivity index (χ3n) is 3.87. The first-order chi connectivity index (χ1) is 11.1. The van der Waals surface area contributed by atoms with Gasteiger partial charge in [0.2, 0.25) is 5.91 Å². The molecule has 1 aliphatic rings. The summed E-state index contributed by atoms with van der Waals surface area (Å²) < 4.78 is 6.82. The number of hydrogen-bond acceptors (Lipinski definition) is 4. The number of hydrogen-bond donors (Lipinski definition) is 2. The fraction of sp³-hybridized carbons (Fsp3) is 0.312. The maximum Gasteiger partial charge on any atom is 0.307 e. The summed E-state index contributed by atoms with van der Waals surface area (Å²) in [5.74, 6) is -1.31. The second-order valence-corrected chi connectivity index (χ2v) is 5.45. The van der Waals surface area contributed by atoms with E-state index in [4.69, 9.17) is 9.84 Å². The number of carbonyl (C=O) groups is 2. The number of rotatable bonds is 6. The zero-order valence-electron chi connectivity index (χ0n) is 12.6. The Morgan fingerprint density at radius 2 is 2.04 bits per heavy atom. The van der Waals surface area contributed by atoms with Crippen LogP contribution in [0.5, 0.6) is 5.75 Å². The number of aliphatic carboxylic acids is 1. The second kappa shape index (κ2) is 6.12. The summed E-state index contributed by atoms with van der Waals surface area (Å²) in [5.41, 5.74) is 1.60. The Bertz CT molecular complexity index is 723. The molecule has 120 valence electrons. The molecule has 1 amide bonds. The summed E-state index contributed by atoms with van der Waals surface area (Å²) in [6.07, 6.45) is 2.22. The molecule has 0 unspecified atom stereocenters. The van der Waals surface area contributed by atoms with Crippen molar-refractivity contribution < 1.29 is 19.4 Å². The summed E-state index contributed by atoms with van der Waals surface area (Å²) in [4.78, 5) is 22.6. The lowest BCUT2D eigenvalue weighted by atomic mass is 10.3. The molecular formula is C16H17N3O4. The SMILES string of the molecule is COc1ccc(-n2ccc(CNC(=O)[C@H]3C[C@@H]3C(=O)O)n2)cc1. The van der Waals surface area contributed by atoms with Crippen LogP contribution in [-0.2, 0) is 16.1 Å². The van der Waals surface area contributed by atoms with Gasteiger partial charge < -0.3 is 15.2 Å². The molecule has 1 aliphatic carbocycles. The quantitative estimate of drug-likeness (QED) is 0.836. The van der Waals surface area contributed by atoms with E-state index in [0.717, 1.165) is 11.4 Å². The molecule has 0 spiro atoms. The molecule has 2 N–H and O–H groups in total. The molecule has 0 radical (unpaired) electrons. The van der Waals surface area contributed by atoms with Gasteiger partial charge in [-0.3, -0.25) is 9.59 Å². The Morgan fingerprint density at radius 3 is 2.65 bits per heavy atom. The van der Waals surface area contributed by atoms with Gasteiger partial charge in [-0.15, -0.1) is 0 Å². The molecule has 0 bridgehead atoms. The van der Waals surface area contributed by atoms with Crippen molar-refractivity contribution in [3.8, 4) is 11.4 Å². The third kappa shape index (κ3) is 3.33. The van der Waals surface area contributed by atoms with Crippen LogP contribution in [-0.4, -0.2) is 33.9 Å². The van der Waals surface area contributed by atoms with Crippen LogP contribution in [0.4, 0.5) is 0 Å². The first kappa shape index (κ1) is 15.1. The second-order valence-electron chi connectivity index (χ2n) is 5.45. The van der Waals surface area contributed by atoms with Gasteiger partial charge in [-0.1, -0.05) is 0 Å². The summed E-state index contributed by atoms with van der Waals surface area (Å²) in [6.45, 7) is 0.283. The number of ether oxygens (including phenoxy) is 1. The highest BCUT2D eigenvalue weighted by Crippen LogP contribution is 2.38. The molecule has 7 heteroatoms. The summed E-state index contributed by atoms with van der Waals surface area (Å²) in [6, 6.07) is 9.27. The van der Waals surface area contributed by atoms with Crippen molar-refractivity contribution in [3.05, 3.63) is 42.2 Å². The van der Waals surface area contributed by atoms with Gasteiger partial charge in [0.25, 0.3) is 0 Å². The van der Waals surface area contributed by atoms with Crippen LogP contribution in [0.2, 0.25) is 0 Å².